The van der Waals surface area contributed by atoms with Gasteiger partial charge >= 0.3 is 5.97 Å². The van der Waals surface area contributed by atoms with Gasteiger partial charge in [-0.25, -0.2) is 4.79 Å². The second kappa shape index (κ2) is 12.5. The zero-order valence-electron chi connectivity index (χ0n) is 20.5. The van der Waals surface area contributed by atoms with Crippen molar-refractivity contribution in [2.24, 2.45) is 0 Å². The Labute approximate surface area is 209 Å². The van der Waals surface area contributed by atoms with E-state index in [2.05, 4.69) is 27.4 Å². The molecule has 2 aromatic carbocycles. The highest BCUT2D eigenvalue weighted by atomic mass is 16.5. The number of fused-ring (bicyclic) bond motifs is 1. The van der Waals surface area contributed by atoms with Gasteiger partial charge in [0.15, 0.2) is 0 Å². The molecule has 3 N–H and O–H groups in total. The number of hydrogen-bond acceptors (Lipinski definition) is 7. The SMILES string of the molecule is C=C(C)C(=O)N[C@@H](CCCCNC(=O)CCc1ccc(O)c(-n2nc3ccccc3n2)c1)C(=O)OC. The number of aromatic hydroxyl groups is 1. The van der Waals surface area contributed by atoms with E-state index in [-0.39, 0.29) is 18.1 Å². The largest absolute Gasteiger partial charge is 0.506 e. The van der Waals surface area contributed by atoms with Crippen LogP contribution in [0.2, 0.25) is 0 Å². The predicted octanol–water partition coefficient (Wildman–Crippen LogP) is 2.58. The van der Waals surface area contributed by atoms with Crippen LogP contribution in [0.15, 0.2) is 54.6 Å². The van der Waals surface area contributed by atoms with Crippen LogP contribution < -0.4 is 10.6 Å². The highest BCUT2D eigenvalue weighted by Gasteiger charge is 2.21. The molecular formula is C26H31N5O5. The monoisotopic (exact) mass is 493 g/mol. The van der Waals surface area contributed by atoms with Crippen LogP contribution in [-0.4, -0.2) is 57.6 Å². The molecule has 0 aliphatic carbocycles. The number of nitrogens with zero attached hydrogens (tertiary/aromatic N) is 3. The first-order valence-electron chi connectivity index (χ1n) is 11.7. The van der Waals surface area contributed by atoms with Gasteiger partial charge in [-0.15, -0.1) is 15.0 Å². The summed E-state index contributed by atoms with van der Waals surface area (Å²) < 4.78 is 4.74. The molecule has 3 rings (SSSR count). The molecule has 1 heterocycles. The van der Waals surface area contributed by atoms with Crippen molar-refractivity contribution in [1.82, 2.24) is 25.6 Å². The molecule has 3 aromatic rings. The highest BCUT2D eigenvalue weighted by molar-refractivity contribution is 5.95. The van der Waals surface area contributed by atoms with Crippen molar-refractivity contribution in [1.29, 1.82) is 0 Å². The van der Waals surface area contributed by atoms with Gasteiger partial charge in [0.2, 0.25) is 11.8 Å². The molecule has 0 spiro atoms. The number of phenols is 1. The van der Waals surface area contributed by atoms with E-state index in [0.29, 0.717) is 43.5 Å². The molecule has 0 aliphatic heterocycles. The van der Waals surface area contributed by atoms with Crippen molar-refractivity contribution in [3.63, 3.8) is 0 Å². The number of methoxy groups -OCH3 is 1. The Morgan fingerprint density at radius 3 is 2.44 bits per heavy atom. The lowest BCUT2D eigenvalue weighted by Gasteiger charge is -2.16. The number of nitrogens with one attached hydrogen (secondary N) is 2. The summed E-state index contributed by atoms with van der Waals surface area (Å²) in [5, 5.41) is 24.6. The van der Waals surface area contributed by atoms with Crippen molar-refractivity contribution in [2.45, 2.75) is 45.1 Å². The second-order valence-electron chi connectivity index (χ2n) is 8.48. The van der Waals surface area contributed by atoms with Crippen LogP contribution >= 0.6 is 0 Å². The third-order valence-corrected chi connectivity index (χ3v) is 5.60. The van der Waals surface area contributed by atoms with Crippen LogP contribution in [-0.2, 0) is 25.5 Å². The number of unbranched alkanes of at least 4 members (excludes halogenated alkanes) is 1. The Morgan fingerprint density at radius 2 is 1.81 bits per heavy atom. The summed E-state index contributed by atoms with van der Waals surface area (Å²) >= 11 is 0. The van der Waals surface area contributed by atoms with E-state index in [1.807, 2.05) is 24.3 Å². The molecule has 0 fully saturated rings. The highest BCUT2D eigenvalue weighted by Crippen LogP contribution is 2.23. The normalized spacial score (nSPS) is 11.6. The van der Waals surface area contributed by atoms with Gasteiger partial charge in [-0.1, -0.05) is 24.8 Å². The van der Waals surface area contributed by atoms with Crippen LogP contribution in [0.25, 0.3) is 16.7 Å². The van der Waals surface area contributed by atoms with Gasteiger partial charge in [0, 0.05) is 18.5 Å². The molecule has 0 saturated carbocycles. The smallest absolute Gasteiger partial charge is 0.328 e. The number of ether oxygens (including phenoxy) is 1. The number of aryl methyl sites for hydroxylation is 1. The van der Waals surface area contributed by atoms with Crippen LogP contribution in [0.3, 0.4) is 0 Å². The molecular weight excluding hydrogens is 462 g/mol. The maximum Gasteiger partial charge on any atom is 0.328 e. The van der Waals surface area contributed by atoms with Crippen LogP contribution in [0, 0.1) is 0 Å². The summed E-state index contributed by atoms with van der Waals surface area (Å²) in [5.74, 6) is -0.964. The van der Waals surface area contributed by atoms with E-state index in [1.54, 1.807) is 25.1 Å². The Kier molecular flexibility index (Phi) is 9.15. The quantitative estimate of drug-likeness (QED) is 0.200. The molecule has 2 amide bonds. The minimum atomic E-state index is -0.750. The van der Waals surface area contributed by atoms with Gasteiger partial charge in [0.1, 0.15) is 28.5 Å². The number of esters is 1. The van der Waals surface area contributed by atoms with Gasteiger partial charge in [0.05, 0.1) is 7.11 Å². The lowest BCUT2D eigenvalue weighted by atomic mass is 10.1. The molecule has 0 saturated heterocycles. The topological polar surface area (TPSA) is 135 Å². The third kappa shape index (κ3) is 7.14. The standard InChI is InChI=1S/C26H31N5O5/c1-17(2)25(34)28-21(26(35)36-3)10-6-7-15-27-24(33)14-12-18-11-13-23(32)22(16-18)31-29-19-8-4-5-9-20(19)30-31/h4-5,8-9,11,13,16,21,32H,1,6-7,10,12,14-15H2,2-3H3,(H,27,33)(H,28,34)/t21-/m0/s1. The van der Waals surface area contributed by atoms with Crippen molar-refractivity contribution >= 4 is 28.8 Å². The van der Waals surface area contributed by atoms with Gasteiger partial charge < -0.3 is 20.5 Å². The lowest BCUT2D eigenvalue weighted by molar-refractivity contribution is -0.144. The van der Waals surface area contributed by atoms with Crippen molar-refractivity contribution in [3.05, 3.63) is 60.2 Å². The molecule has 10 heteroatoms. The molecule has 1 aromatic heterocycles. The van der Waals surface area contributed by atoms with E-state index >= 15 is 0 Å². The number of rotatable bonds is 12. The van der Waals surface area contributed by atoms with E-state index in [1.165, 1.54) is 11.9 Å². The van der Waals surface area contributed by atoms with Crippen LogP contribution in [0.1, 0.15) is 38.2 Å². The van der Waals surface area contributed by atoms with Crippen molar-refractivity contribution in [2.75, 3.05) is 13.7 Å². The van der Waals surface area contributed by atoms with Gasteiger partial charge in [0.25, 0.3) is 0 Å². The van der Waals surface area contributed by atoms with E-state index in [9.17, 15) is 19.5 Å². The average molecular weight is 494 g/mol. The predicted molar refractivity (Wildman–Crippen MR) is 134 cm³/mol. The Balaban J connectivity index is 1.45. The minimum absolute atomic E-state index is 0.0493. The fourth-order valence-electron chi connectivity index (χ4n) is 3.57. The van der Waals surface area contributed by atoms with E-state index in [4.69, 9.17) is 4.74 Å². The maximum atomic E-state index is 12.3. The zero-order chi connectivity index (χ0) is 26.1. The average Bonchev–Trinajstić information content (AvgIpc) is 3.30. The number of carbonyl (C=O) groups excluding carboxylic acids is 3. The first-order chi connectivity index (χ1) is 17.3. The molecule has 36 heavy (non-hydrogen) atoms. The maximum absolute atomic E-state index is 12.3. The number of amides is 2. The fraction of sp³-hybridized carbons (Fsp3) is 0.346. The second-order valence-corrected chi connectivity index (χ2v) is 8.48. The number of aromatic nitrogens is 3. The number of hydrogen-bond donors (Lipinski definition) is 3. The number of benzene rings is 2. The van der Waals surface area contributed by atoms with Gasteiger partial charge in [-0.05, 0) is 62.4 Å². The van der Waals surface area contributed by atoms with Gasteiger partial charge in [-0.2, -0.15) is 0 Å². The first-order valence-corrected chi connectivity index (χ1v) is 11.7. The zero-order valence-corrected chi connectivity index (χ0v) is 20.5. The fourth-order valence-corrected chi connectivity index (χ4v) is 3.57. The van der Waals surface area contributed by atoms with Crippen LogP contribution in [0.4, 0.5) is 0 Å². The lowest BCUT2D eigenvalue weighted by Crippen LogP contribution is -2.41. The first kappa shape index (κ1) is 26.4. The summed E-state index contributed by atoms with van der Waals surface area (Å²) in [6.45, 7) is 5.58. The van der Waals surface area contributed by atoms with E-state index in [0.717, 1.165) is 16.6 Å². The minimum Gasteiger partial charge on any atom is -0.506 e. The summed E-state index contributed by atoms with van der Waals surface area (Å²) in [5.41, 5.74) is 3.07. The summed E-state index contributed by atoms with van der Waals surface area (Å²) in [7, 11) is 1.27. The van der Waals surface area contributed by atoms with E-state index < -0.39 is 17.9 Å². The third-order valence-electron chi connectivity index (χ3n) is 5.60. The number of phenolic OH excluding ortho intramolecular Hbond substituents is 1. The Bertz CT molecular complexity index is 1220. The molecule has 0 bridgehead atoms. The molecule has 0 unspecified atom stereocenters. The molecule has 1 atom stereocenters. The Hall–Kier alpha value is -4.21. The molecule has 0 aliphatic rings. The molecule has 0 radical (unpaired) electrons. The summed E-state index contributed by atoms with van der Waals surface area (Å²) in [6.07, 6.45) is 2.41. The molecule has 190 valence electrons. The van der Waals surface area contributed by atoms with Gasteiger partial charge in [-0.3, -0.25) is 9.59 Å². The summed E-state index contributed by atoms with van der Waals surface area (Å²) in [6, 6.07) is 11.8. The van der Waals surface area contributed by atoms with Crippen LogP contribution in [0.5, 0.6) is 5.75 Å². The number of carbonyl (C=O) groups is 3. The van der Waals surface area contributed by atoms with Crippen molar-refractivity contribution in [3.8, 4) is 11.4 Å². The molecule has 10 nitrogen and oxygen atoms in total. The van der Waals surface area contributed by atoms with Crippen molar-refractivity contribution < 1.29 is 24.2 Å². The Morgan fingerprint density at radius 1 is 1.11 bits per heavy atom. The summed E-state index contributed by atoms with van der Waals surface area (Å²) in [4.78, 5) is 37.4.